The minimum Gasteiger partial charge on any atom is -0.455 e. The number of rotatable bonds is 5. The Balaban J connectivity index is 1.52. The van der Waals surface area contributed by atoms with Crippen molar-refractivity contribution < 1.29 is 19.1 Å². The van der Waals surface area contributed by atoms with Crippen LogP contribution in [0, 0.1) is 24.2 Å². The molecule has 148 valence electrons. The number of carbonyl (C=O) groups excluding carboxylic acids is 3. The monoisotopic (exact) mass is 411 g/mol. The molecular weight excluding hydrogens is 394 g/mol. The molecule has 2 aromatic rings. The van der Waals surface area contributed by atoms with Crippen LogP contribution in [0.3, 0.4) is 0 Å². The highest BCUT2D eigenvalue weighted by molar-refractivity contribution is 6.32. The van der Waals surface area contributed by atoms with Crippen LogP contribution in [0.1, 0.15) is 17.5 Å². The number of nitriles is 1. The molecule has 2 amide bonds. The van der Waals surface area contributed by atoms with Crippen LogP contribution >= 0.6 is 11.6 Å². The van der Waals surface area contributed by atoms with Crippen LogP contribution in [-0.2, 0) is 19.1 Å². The molecule has 0 saturated carbocycles. The third-order valence-corrected chi connectivity index (χ3v) is 4.84. The normalized spacial score (nSPS) is 15.7. The molecule has 1 heterocycles. The molecule has 0 unspecified atom stereocenters. The zero-order valence-electron chi connectivity index (χ0n) is 15.6. The van der Waals surface area contributed by atoms with Crippen molar-refractivity contribution in [2.24, 2.45) is 5.92 Å². The zero-order chi connectivity index (χ0) is 21.0. The van der Waals surface area contributed by atoms with E-state index in [1.807, 2.05) is 37.3 Å². The van der Waals surface area contributed by atoms with E-state index in [0.717, 1.165) is 11.3 Å². The molecule has 1 aliphatic rings. The van der Waals surface area contributed by atoms with Gasteiger partial charge >= 0.3 is 5.97 Å². The number of benzene rings is 2. The van der Waals surface area contributed by atoms with E-state index in [0.29, 0.717) is 11.3 Å². The number of hydrogen-bond donors (Lipinski definition) is 1. The van der Waals surface area contributed by atoms with Crippen LogP contribution in [0.25, 0.3) is 0 Å². The quantitative estimate of drug-likeness (QED) is 0.762. The van der Waals surface area contributed by atoms with Crippen molar-refractivity contribution in [2.75, 3.05) is 23.4 Å². The van der Waals surface area contributed by atoms with Crippen molar-refractivity contribution in [3.63, 3.8) is 0 Å². The maximum absolute atomic E-state index is 12.3. The number of carbonyl (C=O) groups is 3. The number of esters is 1. The summed E-state index contributed by atoms with van der Waals surface area (Å²) in [6.07, 6.45) is 0.0412. The summed E-state index contributed by atoms with van der Waals surface area (Å²) in [6.45, 7) is 1.69. The Kier molecular flexibility index (Phi) is 6.15. The molecule has 3 rings (SSSR count). The Morgan fingerprint density at radius 1 is 1.28 bits per heavy atom. The Morgan fingerprint density at radius 2 is 2.00 bits per heavy atom. The summed E-state index contributed by atoms with van der Waals surface area (Å²) in [5.41, 5.74) is 2.48. The largest absolute Gasteiger partial charge is 0.455 e. The van der Waals surface area contributed by atoms with Crippen molar-refractivity contribution in [3.05, 3.63) is 58.6 Å². The Labute approximate surface area is 172 Å². The second-order valence-electron chi connectivity index (χ2n) is 6.70. The number of ether oxygens (including phenoxy) is 1. The topological polar surface area (TPSA) is 99.5 Å². The van der Waals surface area contributed by atoms with Gasteiger partial charge in [-0.25, -0.2) is 0 Å². The highest BCUT2D eigenvalue weighted by Crippen LogP contribution is 2.26. The molecule has 1 saturated heterocycles. The second-order valence-corrected chi connectivity index (χ2v) is 7.11. The molecular formula is C21H18ClN3O4. The fourth-order valence-electron chi connectivity index (χ4n) is 2.97. The Bertz CT molecular complexity index is 998. The van der Waals surface area contributed by atoms with Crippen LogP contribution in [0.4, 0.5) is 11.4 Å². The summed E-state index contributed by atoms with van der Waals surface area (Å²) in [7, 11) is 0. The smallest absolute Gasteiger partial charge is 0.311 e. The first kappa shape index (κ1) is 20.4. The predicted octanol–water partition coefficient (Wildman–Crippen LogP) is 3.05. The molecule has 0 radical (unpaired) electrons. The molecule has 0 spiro atoms. The first-order valence-corrected chi connectivity index (χ1v) is 9.28. The van der Waals surface area contributed by atoms with Gasteiger partial charge in [0.05, 0.1) is 16.5 Å². The van der Waals surface area contributed by atoms with Gasteiger partial charge in [-0.1, -0.05) is 29.3 Å². The van der Waals surface area contributed by atoms with Gasteiger partial charge in [0.25, 0.3) is 5.91 Å². The standard InChI is InChI=1S/C21H18ClN3O4/c1-13-2-6-17(7-3-13)25-11-15(8-20(25)27)21(28)29-12-19(26)24-16-5-4-14(10-23)18(22)9-16/h2-7,9,15H,8,11-12H2,1H3,(H,24,26)/t15-/m0/s1. The molecule has 7 nitrogen and oxygen atoms in total. The van der Waals surface area contributed by atoms with Crippen molar-refractivity contribution in [1.29, 1.82) is 5.26 Å². The summed E-state index contributed by atoms with van der Waals surface area (Å²) in [5, 5.41) is 11.6. The molecule has 29 heavy (non-hydrogen) atoms. The van der Waals surface area contributed by atoms with Gasteiger partial charge in [0.1, 0.15) is 6.07 Å². The molecule has 0 aliphatic carbocycles. The van der Waals surface area contributed by atoms with Gasteiger partial charge < -0.3 is 15.0 Å². The summed E-state index contributed by atoms with van der Waals surface area (Å²) < 4.78 is 5.07. The van der Waals surface area contributed by atoms with Crippen LogP contribution in [0.15, 0.2) is 42.5 Å². The van der Waals surface area contributed by atoms with Crippen molar-refractivity contribution in [1.82, 2.24) is 0 Å². The van der Waals surface area contributed by atoms with Crippen LogP contribution < -0.4 is 10.2 Å². The van der Waals surface area contributed by atoms with Crippen LogP contribution in [0.5, 0.6) is 0 Å². The number of anilines is 2. The lowest BCUT2D eigenvalue weighted by Crippen LogP contribution is -2.28. The molecule has 1 aliphatic heterocycles. The van der Waals surface area contributed by atoms with E-state index in [-0.39, 0.29) is 23.9 Å². The minimum absolute atomic E-state index is 0.0412. The maximum atomic E-state index is 12.3. The van der Waals surface area contributed by atoms with Crippen molar-refractivity contribution in [3.8, 4) is 6.07 Å². The number of nitrogens with zero attached hydrogens (tertiary/aromatic N) is 2. The third-order valence-electron chi connectivity index (χ3n) is 4.52. The van der Waals surface area contributed by atoms with Crippen LogP contribution in [-0.4, -0.2) is 30.9 Å². The third kappa shape index (κ3) is 4.92. The Hall–Kier alpha value is -3.37. The van der Waals surface area contributed by atoms with E-state index in [2.05, 4.69) is 5.32 Å². The van der Waals surface area contributed by atoms with Crippen molar-refractivity contribution >= 4 is 40.8 Å². The summed E-state index contributed by atoms with van der Waals surface area (Å²) in [6, 6.07) is 13.8. The van der Waals surface area contributed by atoms with E-state index in [1.165, 1.54) is 18.2 Å². The van der Waals surface area contributed by atoms with Gasteiger partial charge in [-0.05, 0) is 37.3 Å². The zero-order valence-corrected chi connectivity index (χ0v) is 16.4. The SMILES string of the molecule is Cc1ccc(N2C[C@@H](C(=O)OCC(=O)Nc3ccc(C#N)c(Cl)c3)CC2=O)cc1. The fourth-order valence-corrected chi connectivity index (χ4v) is 3.20. The van der Waals surface area contributed by atoms with Gasteiger partial charge in [-0.15, -0.1) is 0 Å². The summed E-state index contributed by atoms with van der Waals surface area (Å²) >= 11 is 5.92. The van der Waals surface area contributed by atoms with E-state index in [9.17, 15) is 14.4 Å². The second kappa shape index (κ2) is 8.76. The maximum Gasteiger partial charge on any atom is 0.311 e. The molecule has 0 bridgehead atoms. The number of hydrogen-bond acceptors (Lipinski definition) is 5. The fraction of sp³-hybridized carbons (Fsp3) is 0.238. The lowest BCUT2D eigenvalue weighted by molar-refractivity contribution is -0.151. The van der Waals surface area contributed by atoms with Gasteiger partial charge in [0.15, 0.2) is 6.61 Å². The molecule has 1 fully saturated rings. The Morgan fingerprint density at radius 3 is 2.66 bits per heavy atom. The van der Waals surface area contributed by atoms with Gasteiger partial charge in [-0.2, -0.15) is 5.26 Å². The first-order valence-electron chi connectivity index (χ1n) is 8.90. The summed E-state index contributed by atoms with van der Waals surface area (Å²) in [5.74, 6) is -1.92. The van der Waals surface area contributed by atoms with Gasteiger partial charge in [-0.3, -0.25) is 14.4 Å². The molecule has 0 aromatic heterocycles. The first-order chi connectivity index (χ1) is 13.9. The molecule has 2 aromatic carbocycles. The lowest BCUT2D eigenvalue weighted by Gasteiger charge is -2.16. The number of aryl methyl sites for hydroxylation is 1. The van der Waals surface area contributed by atoms with E-state index >= 15 is 0 Å². The van der Waals surface area contributed by atoms with Gasteiger partial charge in [0, 0.05) is 24.3 Å². The molecule has 8 heteroatoms. The average Bonchev–Trinajstić information content (AvgIpc) is 3.08. The number of nitrogens with one attached hydrogen (secondary N) is 1. The van der Waals surface area contributed by atoms with E-state index in [1.54, 1.807) is 4.90 Å². The molecule has 1 atom stereocenters. The van der Waals surface area contributed by atoms with Gasteiger partial charge in [0.2, 0.25) is 5.91 Å². The number of halogens is 1. The number of amides is 2. The molecule has 1 N–H and O–H groups in total. The van der Waals surface area contributed by atoms with Crippen molar-refractivity contribution in [2.45, 2.75) is 13.3 Å². The predicted molar refractivity (Wildman–Crippen MR) is 107 cm³/mol. The minimum atomic E-state index is -0.624. The average molecular weight is 412 g/mol. The van der Waals surface area contributed by atoms with E-state index < -0.39 is 24.4 Å². The highest BCUT2D eigenvalue weighted by atomic mass is 35.5. The van der Waals surface area contributed by atoms with Crippen LogP contribution in [0.2, 0.25) is 5.02 Å². The highest BCUT2D eigenvalue weighted by Gasteiger charge is 2.36. The van der Waals surface area contributed by atoms with E-state index in [4.69, 9.17) is 21.6 Å². The summed E-state index contributed by atoms with van der Waals surface area (Å²) in [4.78, 5) is 38.1. The lowest BCUT2D eigenvalue weighted by atomic mass is 10.1.